The first kappa shape index (κ1) is 13.6. The van der Waals surface area contributed by atoms with Crippen molar-refractivity contribution in [3.05, 3.63) is 42.0 Å². The van der Waals surface area contributed by atoms with Crippen LogP contribution in [-0.4, -0.2) is 33.6 Å². The number of methoxy groups -OCH3 is 1. The molecule has 0 atom stereocenters. The van der Waals surface area contributed by atoms with Gasteiger partial charge in [0.1, 0.15) is 11.4 Å². The number of nitrogens with zero attached hydrogens (tertiary/aromatic N) is 2. The van der Waals surface area contributed by atoms with E-state index in [1.807, 2.05) is 0 Å². The Morgan fingerprint density at radius 3 is 2.70 bits per heavy atom. The van der Waals surface area contributed by atoms with E-state index in [2.05, 4.69) is 10.3 Å². The van der Waals surface area contributed by atoms with E-state index in [9.17, 15) is 9.59 Å². The zero-order valence-corrected chi connectivity index (χ0v) is 11.0. The molecule has 2 N–H and O–H groups in total. The predicted molar refractivity (Wildman–Crippen MR) is 71.1 cm³/mol. The average molecular weight is 275 g/mol. The Labute approximate surface area is 114 Å². The third kappa shape index (κ3) is 2.77. The van der Waals surface area contributed by atoms with Gasteiger partial charge in [-0.2, -0.15) is 0 Å². The number of carboxylic acid groups (broad SMARTS) is 1. The minimum Gasteiger partial charge on any atom is -0.497 e. The number of benzene rings is 1. The number of hydrogen-bond acceptors (Lipinski definition) is 4. The molecule has 7 heteroatoms. The average Bonchev–Trinajstić information content (AvgIpc) is 2.85. The number of imidazole rings is 1. The number of carbonyl (C=O) groups excluding carboxylic acids is 1. The SMILES string of the molecule is COc1ccc(C(=O)O)c(NC(=O)c2cn(C)cn2)c1. The zero-order valence-electron chi connectivity index (χ0n) is 11.0. The highest BCUT2D eigenvalue weighted by Crippen LogP contribution is 2.23. The Morgan fingerprint density at radius 2 is 2.15 bits per heavy atom. The van der Waals surface area contributed by atoms with Crippen molar-refractivity contribution in [2.24, 2.45) is 7.05 Å². The van der Waals surface area contributed by atoms with Crippen LogP contribution in [0.3, 0.4) is 0 Å². The van der Waals surface area contributed by atoms with Gasteiger partial charge in [0.2, 0.25) is 0 Å². The van der Waals surface area contributed by atoms with Crippen molar-refractivity contribution >= 4 is 17.6 Å². The van der Waals surface area contributed by atoms with Crippen molar-refractivity contribution < 1.29 is 19.4 Å². The molecule has 1 aromatic heterocycles. The zero-order chi connectivity index (χ0) is 14.7. The normalized spacial score (nSPS) is 10.1. The summed E-state index contributed by atoms with van der Waals surface area (Å²) in [5.74, 6) is -1.17. The lowest BCUT2D eigenvalue weighted by Gasteiger charge is -2.09. The van der Waals surface area contributed by atoms with E-state index in [0.717, 1.165) is 0 Å². The van der Waals surface area contributed by atoms with Crippen molar-refractivity contribution in [1.29, 1.82) is 0 Å². The van der Waals surface area contributed by atoms with Gasteiger partial charge < -0.3 is 19.7 Å². The summed E-state index contributed by atoms with van der Waals surface area (Å²) in [6.07, 6.45) is 3.02. The van der Waals surface area contributed by atoms with Crippen molar-refractivity contribution in [3.8, 4) is 5.75 Å². The lowest BCUT2D eigenvalue weighted by molar-refractivity contribution is 0.0698. The molecule has 2 rings (SSSR count). The van der Waals surface area contributed by atoms with E-state index >= 15 is 0 Å². The van der Waals surface area contributed by atoms with Gasteiger partial charge in [0.05, 0.1) is 24.7 Å². The van der Waals surface area contributed by atoms with Gasteiger partial charge in [-0.1, -0.05) is 0 Å². The van der Waals surface area contributed by atoms with Gasteiger partial charge in [-0.05, 0) is 12.1 Å². The van der Waals surface area contributed by atoms with Crippen LogP contribution in [0, 0.1) is 0 Å². The molecule has 1 amide bonds. The lowest BCUT2D eigenvalue weighted by Crippen LogP contribution is -2.15. The molecule has 0 aliphatic rings. The Hall–Kier alpha value is -2.83. The van der Waals surface area contributed by atoms with Crippen molar-refractivity contribution in [2.75, 3.05) is 12.4 Å². The third-order valence-electron chi connectivity index (χ3n) is 2.64. The van der Waals surface area contributed by atoms with E-state index < -0.39 is 11.9 Å². The molecule has 0 saturated carbocycles. The summed E-state index contributed by atoms with van der Waals surface area (Å²) in [7, 11) is 3.19. The summed E-state index contributed by atoms with van der Waals surface area (Å²) in [6, 6.07) is 4.33. The van der Waals surface area contributed by atoms with Crippen LogP contribution in [0.1, 0.15) is 20.8 Å². The monoisotopic (exact) mass is 275 g/mol. The summed E-state index contributed by atoms with van der Waals surface area (Å²) >= 11 is 0. The highest BCUT2D eigenvalue weighted by Gasteiger charge is 2.15. The van der Waals surface area contributed by atoms with Crippen LogP contribution in [0.4, 0.5) is 5.69 Å². The molecule has 1 aromatic carbocycles. The molecule has 20 heavy (non-hydrogen) atoms. The third-order valence-corrected chi connectivity index (χ3v) is 2.64. The standard InChI is InChI=1S/C13H13N3O4/c1-16-6-11(14-7-16)12(17)15-10-5-8(20-2)3-4-9(10)13(18)19/h3-7H,1-2H3,(H,15,17)(H,18,19). The first-order valence-corrected chi connectivity index (χ1v) is 5.72. The van der Waals surface area contributed by atoms with Gasteiger partial charge in [0, 0.05) is 19.3 Å². The number of anilines is 1. The van der Waals surface area contributed by atoms with Gasteiger partial charge in [-0.15, -0.1) is 0 Å². The molecule has 0 bridgehead atoms. The number of amides is 1. The first-order chi connectivity index (χ1) is 9.51. The molecule has 0 aliphatic heterocycles. The van der Waals surface area contributed by atoms with Gasteiger partial charge in [-0.25, -0.2) is 9.78 Å². The number of nitrogens with one attached hydrogen (secondary N) is 1. The maximum absolute atomic E-state index is 12.0. The van der Waals surface area contributed by atoms with E-state index in [1.165, 1.54) is 37.8 Å². The van der Waals surface area contributed by atoms with Gasteiger partial charge in [0.25, 0.3) is 5.91 Å². The fourth-order valence-electron chi connectivity index (χ4n) is 1.66. The molecule has 7 nitrogen and oxygen atoms in total. The molecule has 2 aromatic rings. The Balaban J connectivity index is 2.31. The van der Waals surface area contributed by atoms with E-state index in [4.69, 9.17) is 9.84 Å². The quantitative estimate of drug-likeness (QED) is 0.879. The van der Waals surface area contributed by atoms with Crippen LogP contribution in [0.15, 0.2) is 30.7 Å². The van der Waals surface area contributed by atoms with Gasteiger partial charge in [-0.3, -0.25) is 4.79 Å². The van der Waals surface area contributed by atoms with E-state index in [-0.39, 0.29) is 16.9 Å². The Bertz CT molecular complexity index is 663. The van der Waals surface area contributed by atoms with Crippen LogP contribution in [0.5, 0.6) is 5.75 Å². The molecule has 1 heterocycles. The molecule has 0 spiro atoms. The molecule has 0 radical (unpaired) electrons. The van der Waals surface area contributed by atoms with Gasteiger partial charge >= 0.3 is 5.97 Å². The number of aromatic carboxylic acids is 1. The predicted octanol–water partition coefficient (Wildman–Crippen LogP) is 1.38. The fourth-order valence-corrected chi connectivity index (χ4v) is 1.66. The number of aryl methyl sites for hydroxylation is 1. The number of hydrogen-bond donors (Lipinski definition) is 2. The first-order valence-electron chi connectivity index (χ1n) is 5.72. The highest BCUT2D eigenvalue weighted by molar-refractivity contribution is 6.06. The number of rotatable bonds is 4. The summed E-state index contributed by atoms with van der Waals surface area (Å²) in [4.78, 5) is 27.0. The van der Waals surface area contributed by atoms with Crippen LogP contribution in [0.2, 0.25) is 0 Å². The van der Waals surface area contributed by atoms with Crippen LogP contribution in [0.25, 0.3) is 0 Å². The molecule has 0 aliphatic carbocycles. The summed E-state index contributed by atoms with van der Waals surface area (Å²) < 4.78 is 6.64. The largest absolute Gasteiger partial charge is 0.497 e. The Morgan fingerprint density at radius 1 is 1.40 bits per heavy atom. The number of carbonyl (C=O) groups is 2. The second kappa shape index (κ2) is 5.43. The molecular formula is C13H13N3O4. The molecule has 0 fully saturated rings. The summed E-state index contributed by atoms with van der Waals surface area (Å²) in [6.45, 7) is 0. The minimum absolute atomic E-state index is 0.0184. The maximum atomic E-state index is 12.0. The van der Waals surface area contributed by atoms with Crippen molar-refractivity contribution in [3.63, 3.8) is 0 Å². The van der Waals surface area contributed by atoms with Crippen LogP contribution >= 0.6 is 0 Å². The molecule has 104 valence electrons. The summed E-state index contributed by atoms with van der Waals surface area (Å²) in [5, 5.41) is 11.6. The fraction of sp³-hybridized carbons (Fsp3) is 0.154. The second-order valence-corrected chi connectivity index (χ2v) is 4.10. The van der Waals surface area contributed by atoms with Crippen LogP contribution < -0.4 is 10.1 Å². The van der Waals surface area contributed by atoms with Crippen molar-refractivity contribution in [2.45, 2.75) is 0 Å². The number of carboxylic acids is 1. The summed E-state index contributed by atoms with van der Waals surface area (Å²) in [5.41, 5.74) is 0.342. The van der Waals surface area contributed by atoms with E-state index in [1.54, 1.807) is 11.6 Å². The number of ether oxygens (including phenoxy) is 1. The topological polar surface area (TPSA) is 93.5 Å². The van der Waals surface area contributed by atoms with Crippen molar-refractivity contribution in [1.82, 2.24) is 9.55 Å². The van der Waals surface area contributed by atoms with E-state index in [0.29, 0.717) is 5.75 Å². The minimum atomic E-state index is -1.14. The lowest BCUT2D eigenvalue weighted by atomic mass is 10.1. The molecule has 0 saturated heterocycles. The van der Waals surface area contributed by atoms with Crippen LogP contribution in [-0.2, 0) is 7.05 Å². The molecule has 0 unspecified atom stereocenters. The Kier molecular flexibility index (Phi) is 3.69. The second-order valence-electron chi connectivity index (χ2n) is 4.10. The number of aromatic nitrogens is 2. The molecular weight excluding hydrogens is 262 g/mol. The maximum Gasteiger partial charge on any atom is 0.337 e. The highest BCUT2D eigenvalue weighted by atomic mass is 16.5. The smallest absolute Gasteiger partial charge is 0.337 e. The van der Waals surface area contributed by atoms with Gasteiger partial charge in [0.15, 0.2) is 0 Å².